The maximum absolute atomic E-state index is 5.71. The first-order chi connectivity index (χ1) is 7.83. The van der Waals surface area contributed by atoms with Crippen molar-refractivity contribution >= 4 is 0 Å². The highest BCUT2D eigenvalue weighted by Crippen LogP contribution is 2.34. The van der Waals surface area contributed by atoms with E-state index in [1.165, 1.54) is 24.9 Å². The molecule has 1 aromatic rings. The SMILES string of the molecule is CCCOc1ncccc1[C@@H]1CCCN1C. The van der Waals surface area contributed by atoms with Gasteiger partial charge in [0.15, 0.2) is 0 Å². The Hall–Kier alpha value is -1.09. The number of likely N-dealkylation sites (tertiary alicyclic amines) is 1. The summed E-state index contributed by atoms with van der Waals surface area (Å²) in [6, 6.07) is 4.63. The second-order valence-electron chi connectivity index (χ2n) is 4.38. The lowest BCUT2D eigenvalue weighted by Gasteiger charge is -2.21. The topological polar surface area (TPSA) is 25.4 Å². The summed E-state index contributed by atoms with van der Waals surface area (Å²) in [6.07, 6.45) is 5.31. The van der Waals surface area contributed by atoms with E-state index in [4.69, 9.17) is 4.74 Å². The van der Waals surface area contributed by atoms with Crippen LogP contribution in [0.1, 0.15) is 37.8 Å². The van der Waals surface area contributed by atoms with Crippen molar-refractivity contribution in [1.29, 1.82) is 0 Å². The fraction of sp³-hybridized carbons (Fsp3) is 0.615. The van der Waals surface area contributed by atoms with Gasteiger partial charge in [-0.3, -0.25) is 4.90 Å². The third-order valence-electron chi connectivity index (χ3n) is 3.12. The summed E-state index contributed by atoms with van der Waals surface area (Å²) in [5, 5.41) is 0. The fourth-order valence-corrected chi connectivity index (χ4v) is 2.28. The zero-order valence-corrected chi connectivity index (χ0v) is 10.1. The Morgan fingerprint density at radius 2 is 2.44 bits per heavy atom. The van der Waals surface area contributed by atoms with Gasteiger partial charge in [-0.25, -0.2) is 4.98 Å². The summed E-state index contributed by atoms with van der Waals surface area (Å²) >= 11 is 0. The number of ether oxygens (including phenoxy) is 1. The molecule has 0 N–H and O–H groups in total. The van der Waals surface area contributed by atoms with Crippen LogP contribution in [0.2, 0.25) is 0 Å². The first kappa shape index (κ1) is 11.4. The minimum absolute atomic E-state index is 0.487. The molecule has 0 radical (unpaired) electrons. The molecule has 1 saturated heterocycles. The molecule has 1 aromatic heterocycles. The van der Waals surface area contributed by atoms with Crippen LogP contribution in [-0.2, 0) is 0 Å². The third kappa shape index (κ3) is 2.35. The summed E-state index contributed by atoms with van der Waals surface area (Å²) in [5.41, 5.74) is 1.25. The molecule has 1 aliphatic heterocycles. The third-order valence-corrected chi connectivity index (χ3v) is 3.12. The van der Waals surface area contributed by atoms with Crippen LogP contribution in [-0.4, -0.2) is 30.1 Å². The largest absolute Gasteiger partial charge is 0.477 e. The van der Waals surface area contributed by atoms with E-state index in [2.05, 4.69) is 29.9 Å². The Morgan fingerprint density at radius 3 is 3.12 bits per heavy atom. The van der Waals surface area contributed by atoms with E-state index in [-0.39, 0.29) is 0 Å². The van der Waals surface area contributed by atoms with Gasteiger partial charge in [-0.1, -0.05) is 13.0 Å². The van der Waals surface area contributed by atoms with Gasteiger partial charge in [0.1, 0.15) is 0 Å². The van der Waals surface area contributed by atoms with E-state index < -0.39 is 0 Å². The smallest absolute Gasteiger partial charge is 0.218 e. The number of hydrogen-bond donors (Lipinski definition) is 0. The van der Waals surface area contributed by atoms with E-state index in [1.807, 2.05) is 12.3 Å². The zero-order chi connectivity index (χ0) is 11.4. The first-order valence-electron chi connectivity index (χ1n) is 6.11. The summed E-state index contributed by atoms with van der Waals surface area (Å²) in [5.74, 6) is 0.822. The van der Waals surface area contributed by atoms with Crippen LogP contribution >= 0.6 is 0 Å². The standard InChI is InChI=1S/C13H20N2O/c1-3-10-16-13-11(6-4-8-14-13)12-7-5-9-15(12)2/h4,6,8,12H,3,5,7,9-10H2,1-2H3/t12-/m0/s1. The molecular weight excluding hydrogens is 200 g/mol. The molecule has 0 spiro atoms. The molecule has 0 unspecified atom stereocenters. The van der Waals surface area contributed by atoms with Gasteiger partial charge in [-0.15, -0.1) is 0 Å². The van der Waals surface area contributed by atoms with E-state index >= 15 is 0 Å². The minimum Gasteiger partial charge on any atom is -0.477 e. The molecule has 0 bridgehead atoms. The van der Waals surface area contributed by atoms with Crippen LogP contribution < -0.4 is 4.74 Å². The van der Waals surface area contributed by atoms with Gasteiger partial charge in [0, 0.05) is 17.8 Å². The molecule has 2 heterocycles. The second-order valence-corrected chi connectivity index (χ2v) is 4.38. The number of rotatable bonds is 4. The van der Waals surface area contributed by atoms with Crippen molar-refractivity contribution < 1.29 is 4.74 Å². The van der Waals surface area contributed by atoms with Crippen LogP contribution in [0.25, 0.3) is 0 Å². The predicted octanol–water partition coefficient (Wildman–Crippen LogP) is 2.64. The van der Waals surface area contributed by atoms with Gasteiger partial charge in [0.05, 0.1) is 6.61 Å². The summed E-state index contributed by atoms with van der Waals surface area (Å²) in [7, 11) is 2.17. The number of hydrogen-bond acceptors (Lipinski definition) is 3. The van der Waals surface area contributed by atoms with Crippen LogP contribution in [0.15, 0.2) is 18.3 Å². The number of nitrogens with zero attached hydrogens (tertiary/aromatic N) is 2. The molecule has 16 heavy (non-hydrogen) atoms. The highest BCUT2D eigenvalue weighted by Gasteiger charge is 2.25. The van der Waals surface area contributed by atoms with Crippen LogP contribution in [0.3, 0.4) is 0 Å². The number of pyridine rings is 1. The lowest BCUT2D eigenvalue weighted by molar-refractivity contribution is 0.275. The molecule has 2 rings (SSSR count). The lowest BCUT2D eigenvalue weighted by atomic mass is 10.1. The average molecular weight is 220 g/mol. The highest BCUT2D eigenvalue weighted by molar-refractivity contribution is 5.29. The van der Waals surface area contributed by atoms with Gasteiger partial charge in [0.2, 0.25) is 5.88 Å². The Morgan fingerprint density at radius 1 is 1.56 bits per heavy atom. The van der Waals surface area contributed by atoms with Crippen molar-refractivity contribution in [3.63, 3.8) is 0 Å². The van der Waals surface area contributed by atoms with Crippen LogP contribution in [0.4, 0.5) is 0 Å². The molecular formula is C13H20N2O. The summed E-state index contributed by atoms with van der Waals surface area (Å²) in [4.78, 5) is 6.73. The summed E-state index contributed by atoms with van der Waals surface area (Å²) < 4.78 is 5.71. The lowest BCUT2D eigenvalue weighted by Crippen LogP contribution is -2.18. The molecule has 0 amide bonds. The maximum Gasteiger partial charge on any atom is 0.218 e. The average Bonchev–Trinajstić information content (AvgIpc) is 2.73. The predicted molar refractivity (Wildman–Crippen MR) is 64.6 cm³/mol. The van der Waals surface area contributed by atoms with Gasteiger partial charge < -0.3 is 4.74 Å². The molecule has 1 atom stereocenters. The minimum atomic E-state index is 0.487. The fourth-order valence-electron chi connectivity index (χ4n) is 2.28. The Kier molecular flexibility index (Phi) is 3.78. The van der Waals surface area contributed by atoms with E-state index in [0.717, 1.165) is 18.9 Å². The van der Waals surface area contributed by atoms with Crippen molar-refractivity contribution in [3.8, 4) is 5.88 Å². The molecule has 0 aromatic carbocycles. The second kappa shape index (κ2) is 5.30. The quantitative estimate of drug-likeness (QED) is 0.780. The molecule has 3 nitrogen and oxygen atoms in total. The van der Waals surface area contributed by atoms with Crippen LogP contribution in [0.5, 0.6) is 5.88 Å². The van der Waals surface area contributed by atoms with Gasteiger partial charge in [0.25, 0.3) is 0 Å². The Bertz CT molecular complexity index is 340. The van der Waals surface area contributed by atoms with Gasteiger partial charge in [-0.2, -0.15) is 0 Å². The van der Waals surface area contributed by atoms with Gasteiger partial charge >= 0.3 is 0 Å². The molecule has 0 saturated carbocycles. The van der Waals surface area contributed by atoms with Crippen molar-refractivity contribution in [1.82, 2.24) is 9.88 Å². The molecule has 88 valence electrons. The molecule has 1 aliphatic rings. The molecule has 0 aliphatic carbocycles. The molecule has 3 heteroatoms. The molecule has 1 fully saturated rings. The van der Waals surface area contributed by atoms with Crippen molar-refractivity contribution in [3.05, 3.63) is 23.9 Å². The Labute approximate surface area is 97.4 Å². The van der Waals surface area contributed by atoms with Crippen LogP contribution in [0, 0.1) is 0 Å². The van der Waals surface area contributed by atoms with Crippen molar-refractivity contribution in [2.45, 2.75) is 32.2 Å². The monoisotopic (exact) mass is 220 g/mol. The van der Waals surface area contributed by atoms with E-state index in [9.17, 15) is 0 Å². The first-order valence-corrected chi connectivity index (χ1v) is 6.11. The zero-order valence-electron chi connectivity index (χ0n) is 10.1. The normalized spacial score (nSPS) is 21.2. The summed E-state index contributed by atoms with van der Waals surface area (Å²) in [6.45, 7) is 4.04. The van der Waals surface area contributed by atoms with E-state index in [0.29, 0.717) is 6.04 Å². The van der Waals surface area contributed by atoms with E-state index in [1.54, 1.807) is 0 Å². The highest BCUT2D eigenvalue weighted by atomic mass is 16.5. The maximum atomic E-state index is 5.71. The Balaban J connectivity index is 2.18. The van der Waals surface area contributed by atoms with Gasteiger partial charge in [-0.05, 0) is 38.9 Å². The number of aromatic nitrogens is 1. The van der Waals surface area contributed by atoms with Crippen molar-refractivity contribution in [2.24, 2.45) is 0 Å². The van der Waals surface area contributed by atoms with Crippen molar-refractivity contribution in [2.75, 3.05) is 20.2 Å².